The second kappa shape index (κ2) is 8.98. The lowest BCUT2D eigenvalue weighted by Gasteiger charge is -2.18. The number of hydrogen-bond acceptors (Lipinski definition) is 3. The van der Waals surface area contributed by atoms with Crippen molar-refractivity contribution in [1.82, 2.24) is 20.8 Å². The highest BCUT2D eigenvalue weighted by Gasteiger charge is 2.20. The summed E-state index contributed by atoms with van der Waals surface area (Å²) in [4.78, 5) is 24.8. The number of urea groups is 1. The molecule has 0 fully saturated rings. The van der Waals surface area contributed by atoms with Gasteiger partial charge in [-0.2, -0.15) is 5.10 Å². The third-order valence-corrected chi connectivity index (χ3v) is 4.27. The van der Waals surface area contributed by atoms with Crippen molar-refractivity contribution >= 4 is 28.5 Å². The molecule has 2 aromatic carbocycles. The number of anilines is 1. The van der Waals surface area contributed by atoms with E-state index in [0.29, 0.717) is 12.1 Å². The molecule has 28 heavy (non-hydrogen) atoms. The lowest BCUT2D eigenvalue weighted by molar-refractivity contribution is -0.118. The van der Waals surface area contributed by atoms with Crippen LogP contribution in [0.5, 0.6) is 0 Å². The normalized spacial score (nSPS) is 11.8. The van der Waals surface area contributed by atoms with Crippen LogP contribution in [0, 0.1) is 5.82 Å². The van der Waals surface area contributed by atoms with Crippen molar-refractivity contribution < 1.29 is 14.0 Å². The van der Waals surface area contributed by atoms with Crippen LogP contribution in [0.4, 0.5) is 14.9 Å². The predicted octanol–water partition coefficient (Wildman–Crippen LogP) is 3.31. The number of nitrogens with one attached hydrogen (secondary N) is 4. The summed E-state index contributed by atoms with van der Waals surface area (Å²) in [5.41, 5.74) is 2.27. The third kappa shape index (κ3) is 5.06. The van der Waals surface area contributed by atoms with Gasteiger partial charge in [0.2, 0.25) is 5.91 Å². The molecule has 1 heterocycles. The topological polar surface area (TPSA) is 98.9 Å². The highest BCUT2D eigenvalue weighted by Crippen LogP contribution is 2.17. The lowest BCUT2D eigenvalue weighted by Crippen LogP contribution is -2.47. The van der Waals surface area contributed by atoms with E-state index in [4.69, 9.17) is 0 Å². The molecule has 3 aromatic rings. The molecule has 0 saturated carbocycles. The Bertz CT molecular complexity index is 955. The van der Waals surface area contributed by atoms with Crippen LogP contribution in [0.25, 0.3) is 10.9 Å². The Hall–Kier alpha value is -3.42. The largest absolute Gasteiger partial charge is 0.334 e. The first kappa shape index (κ1) is 19.3. The number of halogens is 1. The fourth-order valence-electron chi connectivity index (χ4n) is 2.80. The molecule has 0 spiro atoms. The number of aromatic amines is 1. The number of nitrogens with zero attached hydrogens (tertiary/aromatic N) is 1. The van der Waals surface area contributed by atoms with E-state index in [9.17, 15) is 14.0 Å². The maximum Gasteiger partial charge on any atom is 0.315 e. The van der Waals surface area contributed by atoms with Crippen LogP contribution >= 0.6 is 0 Å². The summed E-state index contributed by atoms with van der Waals surface area (Å²) in [7, 11) is 0. The molecule has 0 radical (unpaired) electrons. The Labute approximate surface area is 161 Å². The molecule has 8 heteroatoms. The Morgan fingerprint density at radius 2 is 1.96 bits per heavy atom. The van der Waals surface area contributed by atoms with Gasteiger partial charge in [0.25, 0.3) is 0 Å². The molecule has 7 nitrogen and oxygen atoms in total. The Balaban J connectivity index is 1.57. The number of benzene rings is 2. The molecule has 0 aliphatic heterocycles. The number of aromatic nitrogens is 2. The molecule has 0 aliphatic rings. The molecule has 0 saturated heterocycles. The van der Waals surface area contributed by atoms with Crippen molar-refractivity contribution in [3.05, 3.63) is 60.0 Å². The standard InChI is InChI=1S/C20H22FN5O2/c1-2-3-18(25-20(28)22-11-13-4-6-15(21)7-5-13)19(27)24-16-8-9-17-14(10-16)12-23-26-17/h4-10,12,18H,2-3,11H2,1H3,(H,23,26)(H,24,27)(H2,22,25,28). The van der Waals surface area contributed by atoms with Gasteiger partial charge in [0, 0.05) is 17.6 Å². The van der Waals surface area contributed by atoms with Crippen molar-refractivity contribution in [2.24, 2.45) is 0 Å². The zero-order chi connectivity index (χ0) is 19.9. The van der Waals surface area contributed by atoms with Gasteiger partial charge in [-0.15, -0.1) is 0 Å². The first-order valence-corrected chi connectivity index (χ1v) is 9.08. The van der Waals surface area contributed by atoms with E-state index < -0.39 is 12.1 Å². The number of amides is 3. The molecule has 1 unspecified atom stereocenters. The van der Waals surface area contributed by atoms with E-state index >= 15 is 0 Å². The number of carbonyl (C=O) groups is 2. The van der Waals surface area contributed by atoms with Crippen LogP contribution in [-0.4, -0.2) is 28.2 Å². The second-order valence-corrected chi connectivity index (χ2v) is 6.46. The highest BCUT2D eigenvalue weighted by molar-refractivity contribution is 5.98. The summed E-state index contributed by atoms with van der Waals surface area (Å²) in [6.45, 7) is 2.18. The minimum Gasteiger partial charge on any atom is -0.334 e. The number of carbonyl (C=O) groups excluding carboxylic acids is 2. The zero-order valence-electron chi connectivity index (χ0n) is 15.5. The molecule has 1 atom stereocenters. The van der Waals surface area contributed by atoms with E-state index in [2.05, 4.69) is 26.1 Å². The fraction of sp³-hybridized carbons (Fsp3) is 0.250. The van der Waals surface area contributed by atoms with Gasteiger partial charge in [-0.3, -0.25) is 9.89 Å². The Morgan fingerprint density at radius 1 is 1.18 bits per heavy atom. The van der Waals surface area contributed by atoms with Gasteiger partial charge in [-0.05, 0) is 42.3 Å². The average molecular weight is 383 g/mol. The van der Waals surface area contributed by atoms with Crippen molar-refractivity contribution in [1.29, 1.82) is 0 Å². The summed E-state index contributed by atoms with van der Waals surface area (Å²) >= 11 is 0. The summed E-state index contributed by atoms with van der Waals surface area (Å²) in [6.07, 6.45) is 2.91. The monoisotopic (exact) mass is 383 g/mol. The number of rotatable bonds is 7. The van der Waals surface area contributed by atoms with E-state index in [1.54, 1.807) is 24.4 Å². The second-order valence-electron chi connectivity index (χ2n) is 6.46. The summed E-state index contributed by atoms with van der Waals surface area (Å²) in [5.74, 6) is -0.622. The minimum atomic E-state index is -0.668. The minimum absolute atomic E-state index is 0.240. The molecule has 0 aliphatic carbocycles. The van der Waals surface area contributed by atoms with Crippen LogP contribution in [0.1, 0.15) is 25.3 Å². The third-order valence-electron chi connectivity index (χ3n) is 4.27. The van der Waals surface area contributed by atoms with Crippen LogP contribution in [-0.2, 0) is 11.3 Å². The summed E-state index contributed by atoms with van der Waals surface area (Å²) in [6, 6.07) is 10.1. The van der Waals surface area contributed by atoms with Crippen LogP contribution in [0.15, 0.2) is 48.7 Å². The van der Waals surface area contributed by atoms with Gasteiger partial charge >= 0.3 is 6.03 Å². The van der Waals surface area contributed by atoms with E-state index in [1.807, 2.05) is 19.1 Å². The first-order chi connectivity index (χ1) is 13.5. The SMILES string of the molecule is CCCC(NC(=O)NCc1ccc(F)cc1)C(=O)Nc1ccc2[nH]ncc2c1. The number of H-pyrrole nitrogens is 1. The van der Waals surface area contributed by atoms with Crippen molar-refractivity contribution in [2.75, 3.05) is 5.32 Å². The van der Waals surface area contributed by atoms with Crippen LogP contribution in [0.3, 0.4) is 0 Å². The maximum absolute atomic E-state index is 12.9. The average Bonchev–Trinajstić information content (AvgIpc) is 3.15. The highest BCUT2D eigenvalue weighted by atomic mass is 19.1. The van der Waals surface area contributed by atoms with Crippen molar-refractivity contribution in [3.8, 4) is 0 Å². The fourth-order valence-corrected chi connectivity index (χ4v) is 2.80. The Kier molecular flexibility index (Phi) is 6.21. The van der Waals surface area contributed by atoms with Gasteiger partial charge in [-0.1, -0.05) is 25.5 Å². The molecule has 3 rings (SSSR count). The van der Waals surface area contributed by atoms with Crippen LogP contribution in [0.2, 0.25) is 0 Å². The van der Waals surface area contributed by atoms with Crippen molar-refractivity contribution in [3.63, 3.8) is 0 Å². The number of fused-ring (bicyclic) bond motifs is 1. The zero-order valence-corrected chi connectivity index (χ0v) is 15.5. The molecule has 3 amide bonds. The molecule has 0 bridgehead atoms. The van der Waals surface area contributed by atoms with Crippen molar-refractivity contribution in [2.45, 2.75) is 32.4 Å². The molecular formula is C20H22FN5O2. The van der Waals surface area contributed by atoms with Gasteiger partial charge in [0.05, 0.1) is 11.7 Å². The maximum atomic E-state index is 12.9. The van der Waals surface area contributed by atoms with E-state index in [-0.39, 0.29) is 18.3 Å². The molecule has 4 N–H and O–H groups in total. The predicted molar refractivity (Wildman–Crippen MR) is 105 cm³/mol. The summed E-state index contributed by atoms with van der Waals surface area (Å²) < 4.78 is 12.9. The smallest absolute Gasteiger partial charge is 0.315 e. The van der Waals surface area contributed by atoms with Gasteiger partial charge in [0.1, 0.15) is 11.9 Å². The molecule has 146 valence electrons. The van der Waals surface area contributed by atoms with Gasteiger partial charge < -0.3 is 16.0 Å². The van der Waals surface area contributed by atoms with Gasteiger partial charge in [0.15, 0.2) is 0 Å². The first-order valence-electron chi connectivity index (χ1n) is 9.08. The van der Waals surface area contributed by atoms with E-state index in [0.717, 1.165) is 22.9 Å². The quantitative estimate of drug-likeness (QED) is 0.504. The lowest BCUT2D eigenvalue weighted by atomic mass is 10.1. The number of hydrogen-bond donors (Lipinski definition) is 4. The molecular weight excluding hydrogens is 361 g/mol. The summed E-state index contributed by atoms with van der Waals surface area (Å²) in [5, 5.41) is 15.9. The van der Waals surface area contributed by atoms with Gasteiger partial charge in [-0.25, -0.2) is 9.18 Å². The van der Waals surface area contributed by atoms with Crippen LogP contribution < -0.4 is 16.0 Å². The van der Waals surface area contributed by atoms with E-state index in [1.165, 1.54) is 12.1 Å². The Morgan fingerprint density at radius 3 is 2.71 bits per heavy atom. The molecule has 1 aromatic heterocycles.